The highest BCUT2D eigenvalue weighted by Gasteiger charge is 1.99. The number of hydrogen-bond donors (Lipinski definition) is 2. The van der Waals surface area contributed by atoms with Crippen molar-refractivity contribution in [1.82, 2.24) is 0 Å². The molecule has 98 valence electrons. The highest BCUT2D eigenvalue weighted by Crippen LogP contribution is 2.19. The smallest absolute Gasteiger partial charge is 0.0550 e. The summed E-state index contributed by atoms with van der Waals surface area (Å²) in [6.07, 6.45) is 0.835. The standard InChI is InChI=1S/C13H13ClN2.2ClH/c14-11-4-1-9(2-5-11)7-10-3-6-12(15)13(16)8-10;;/h1-6,8H,7,15-16H2;2*1H. The van der Waals surface area contributed by atoms with Crippen LogP contribution in [0.3, 0.4) is 0 Å². The van der Waals surface area contributed by atoms with Gasteiger partial charge in [-0.15, -0.1) is 24.8 Å². The predicted molar refractivity (Wildman–Crippen MR) is 84.0 cm³/mol. The first-order chi connectivity index (χ1) is 7.65. The maximum atomic E-state index is 5.82. The van der Waals surface area contributed by atoms with Gasteiger partial charge >= 0.3 is 0 Å². The largest absolute Gasteiger partial charge is 0.397 e. The lowest BCUT2D eigenvalue weighted by atomic mass is 10.0. The number of anilines is 2. The summed E-state index contributed by atoms with van der Waals surface area (Å²) in [6, 6.07) is 13.5. The molecule has 2 nitrogen and oxygen atoms in total. The average molecular weight is 306 g/mol. The van der Waals surface area contributed by atoms with E-state index in [4.69, 9.17) is 23.1 Å². The zero-order chi connectivity index (χ0) is 11.5. The molecule has 0 aliphatic rings. The molecule has 0 bridgehead atoms. The molecule has 0 fully saturated rings. The van der Waals surface area contributed by atoms with E-state index in [-0.39, 0.29) is 24.8 Å². The molecule has 0 saturated heterocycles. The van der Waals surface area contributed by atoms with Crippen LogP contribution in [0.25, 0.3) is 0 Å². The lowest BCUT2D eigenvalue weighted by Crippen LogP contribution is -1.96. The van der Waals surface area contributed by atoms with Gasteiger partial charge in [-0.25, -0.2) is 0 Å². The minimum absolute atomic E-state index is 0. The number of halogens is 3. The minimum atomic E-state index is 0. The summed E-state index contributed by atoms with van der Waals surface area (Å²) in [6.45, 7) is 0. The first-order valence-electron chi connectivity index (χ1n) is 5.03. The molecular formula is C13H15Cl3N2. The van der Waals surface area contributed by atoms with Gasteiger partial charge in [0.1, 0.15) is 0 Å². The number of benzene rings is 2. The SMILES string of the molecule is Cl.Cl.Nc1ccc(Cc2ccc(Cl)cc2)cc1N. The summed E-state index contributed by atoms with van der Waals surface area (Å²) in [4.78, 5) is 0. The second-order valence-corrected chi connectivity index (χ2v) is 4.20. The maximum absolute atomic E-state index is 5.82. The molecule has 2 aromatic carbocycles. The molecule has 0 atom stereocenters. The molecule has 0 spiro atoms. The second kappa shape index (κ2) is 7.37. The van der Waals surface area contributed by atoms with Gasteiger partial charge in [0.05, 0.1) is 11.4 Å². The fourth-order valence-corrected chi connectivity index (χ4v) is 1.70. The van der Waals surface area contributed by atoms with Gasteiger partial charge in [0.2, 0.25) is 0 Å². The van der Waals surface area contributed by atoms with Crippen LogP contribution in [-0.4, -0.2) is 0 Å². The summed E-state index contributed by atoms with van der Waals surface area (Å²) in [5.41, 5.74) is 15.0. The lowest BCUT2D eigenvalue weighted by Gasteiger charge is -2.05. The van der Waals surface area contributed by atoms with Crippen LogP contribution in [0.15, 0.2) is 42.5 Å². The number of rotatable bonds is 2. The van der Waals surface area contributed by atoms with E-state index < -0.39 is 0 Å². The van der Waals surface area contributed by atoms with E-state index in [9.17, 15) is 0 Å². The lowest BCUT2D eigenvalue weighted by molar-refractivity contribution is 1.20. The van der Waals surface area contributed by atoms with Crippen molar-refractivity contribution in [1.29, 1.82) is 0 Å². The zero-order valence-electron chi connectivity index (χ0n) is 9.60. The molecule has 0 aliphatic carbocycles. The molecule has 0 unspecified atom stereocenters. The van der Waals surface area contributed by atoms with Crippen LogP contribution in [0.2, 0.25) is 5.02 Å². The Morgan fingerprint density at radius 2 is 1.33 bits per heavy atom. The second-order valence-electron chi connectivity index (χ2n) is 3.77. The van der Waals surface area contributed by atoms with Crippen LogP contribution >= 0.6 is 36.4 Å². The molecule has 4 N–H and O–H groups in total. The van der Waals surface area contributed by atoms with Crippen molar-refractivity contribution in [2.75, 3.05) is 11.5 Å². The Balaban J connectivity index is 0.00000144. The van der Waals surface area contributed by atoms with Gasteiger partial charge in [-0.05, 0) is 41.8 Å². The van der Waals surface area contributed by atoms with Crippen molar-refractivity contribution >= 4 is 47.8 Å². The fourth-order valence-electron chi connectivity index (χ4n) is 1.57. The van der Waals surface area contributed by atoms with Crippen LogP contribution in [0.1, 0.15) is 11.1 Å². The van der Waals surface area contributed by atoms with Gasteiger partial charge in [0.25, 0.3) is 0 Å². The van der Waals surface area contributed by atoms with Crippen LogP contribution in [0.5, 0.6) is 0 Å². The highest BCUT2D eigenvalue weighted by atomic mass is 35.5. The summed E-state index contributed by atoms with van der Waals surface area (Å²) >= 11 is 5.82. The van der Waals surface area contributed by atoms with Gasteiger partial charge in [-0.3, -0.25) is 0 Å². The van der Waals surface area contributed by atoms with E-state index >= 15 is 0 Å². The Morgan fingerprint density at radius 3 is 1.89 bits per heavy atom. The summed E-state index contributed by atoms with van der Waals surface area (Å²) in [7, 11) is 0. The number of nitrogens with two attached hydrogens (primary N) is 2. The van der Waals surface area contributed by atoms with Crippen LogP contribution in [0.4, 0.5) is 11.4 Å². The molecule has 0 aliphatic heterocycles. The van der Waals surface area contributed by atoms with Crippen molar-refractivity contribution in [3.05, 3.63) is 58.6 Å². The first-order valence-corrected chi connectivity index (χ1v) is 5.41. The Bertz CT molecular complexity index is 498. The zero-order valence-corrected chi connectivity index (χ0v) is 12.0. The van der Waals surface area contributed by atoms with Gasteiger partial charge in [0.15, 0.2) is 0 Å². The normalized spacial score (nSPS) is 9.17. The van der Waals surface area contributed by atoms with E-state index in [0.717, 1.165) is 17.0 Å². The van der Waals surface area contributed by atoms with Crippen LogP contribution in [-0.2, 0) is 6.42 Å². The first kappa shape index (κ1) is 16.9. The Kier molecular flexibility index (Phi) is 6.92. The summed E-state index contributed by atoms with van der Waals surface area (Å²) in [5, 5.41) is 0.751. The Hall–Kier alpha value is -1.09. The monoisotopic (exact) mass is 304 g/mol. The fraction of sp³-hybridized carbons (Fsp3) is 0.0769. The molecule has 18 heavy (non-hydrogen) atoms. The quantitative estimate of drug-likeness (QED) is 0.826. The van der Waals surface area contributed by atoms with E-state index in [1.807, 2.05) is 42.5 Å². The van der Waals surface area contributed by atoms with Gasteiger partial charge in [-0.2, -0.15) is 0 Å². The van der Waals surface area contributed by atoms with Crippen LogP contribution < -0.4 is 11.5 Å². The van der Waals surface area contributed by atoms with E-state index in [1.165, 1.54) is 5.56 Å². The van der Waals surface area contributed by atoms with E-state index in [1.54, 1.807) is 0 Å². The van der Waals surface area contributed by atoms with Gasteiger partial charge in [-0.1, -0.05) is 29.8 Å². The van der Waals surface area contributed by atoms with E-state index in [2.05, 4.69) is 0 Å². The number of nitrogen functional groups attached to an aromatic ring is 2. The Labute approximate surface area is 124 Å². The third-order valence-corrected chi connectivity index (χ3v) is 2.72. The molecule has 0 amide bonds. The molecular weight excluding hydrogens is 291 g/mol. The highest BCUT2D eigenvalue weighted by molar-refractivity contribution is 6.30. The third-order valence-electron chi connectivity index (χ3n) is 2.47. The maximum Gasteiger partial charge on any atom is 0.0550 e. The van der Waals surface area contributed by atoms with Crippen molar-refractivity contribution < 1.29 is 0 Å². The van der Waals surface area contributed by atoms with Gasteiger partial charge in [0, 0.05) is 5.02 Å². The molecule has 2 rings (SSSR count). The van der Waals surface area contributed by atoms with Crippen molar-refractivity contribution in [3.63, 3.8) is 0 Å². The number of hydrogen-bond acceptors (Lipinski definition) is 2. The predicted octanol–water partition coefficient (Wildman–Crippen LogP) is 3.94. The minimum Gasteiger partial charge on any atom is -0.397 e. The van der Waals surface area contributed by atoms with Crippen molar-refractivity contribution in [2.24, 2.45) is 0 Å². The molecule has 2 aromatic rings. The van der Waals surface area contributed by atoms with Gasteiger partial charge < -0.3 is 11.5 Å². The molecule has 0 aromatic heterocycles. The average Bonchev–Trinajstić information content (AvgIpc) is 2.27. The Morgan fingerprint density at radius 1 is 0.778 bits per heavy atom. The molecule has 0 saturated carbocycles. The van der Waals surface area contributed by atoms with Crippen molar-refractivity contribution in [3.8, 4) is 0 Å². The summed E-state index contributed by atoms with van der Waals surface area (Å²) < 4.78 is 0. The summed E-state index contributed by atoms with van der Waals surface area (Å²) in [5.74, 6) is 0. The van der Waals surface area contributed by atoms with E-state index in [0.29, 0.717) is 11.4 Å². The molecule has 5 heteroatoms. The topological polar surface area (TPSA) is 52.0 Å². The third kappa shape index (κ3) is 4.30. The molecule has 0 heterocycles. The van der Waals surface area contributed by atoms with Crippen LogP contribution in [0, 0.1) is 0 Å². The molecule has 0 radical (unpaired) electrons. The van der Waals surface area contributed by atoms with Crippen molar-refractivity contribution in [2.45, 2.75) is 6.42 Å².